The lowest BCUT2D eigenvalue weighted by molar-refractivity contribution is -0.134. The minimum absolute atomic E-state index is 0.0610. The first kappa shape index (κ1) is 15.9. The van der Waals surface area contributed by atoms with E-state index < -0.39 is 0 Å². The van der Waals surface area contributed by atoms with E-state index in [1.165, 1.54) is 6.42 Å². The minimum atomic E-state index is 0.0610. The molecule has 7 heteroatoms. The van der Waals surface area contributed by atoms with E-state index >= 15 is 0 Å². The Bertz CT molecular complexity index is 674. The van der Waals surface area contributed by atoms with Crippen LogP contribution in [0.15, 0.2) is 24.3 Å². The number of carbonyl (C=O) groups excluding carboxylic acids is 1. The van der Waals surface area contributed by atoms with Gasteiger partial charge in [-0.2, -0.15) is 0 Å². The molecule has 23 heavy (non-hydrogen) atoms. The molecule has 1 saturated heterocycles. The van der Waals surface area contributed by atoms with Crippen LogP contribution in [0.25, 0.3) is 11.4 Å². The Morgan fingerprint density at radius 2 is 1.87 bits per heavy atom. The van der Waals surface area contributed by atoms with E-state index in [-0.39, 0.29) is 12.5 Å². The molecule has 1 aromatic carbocycles. The molecule has 0 aliphatic carbocycles. The molecule has 2 aromatic rings. The summed E-state index contributed by atoms with van der Waals surface area (Å²) in [6.07, 6.45) is 1.17. The number of benzene rings is 1. The number of likely N-dealkylation sites (tertiary alicyclic amines) is 1. The highest BCUT2D eigenvalue weighted by molar-refractivity contribution is 6.30. The topological polar surface area (TPSA) is 63.9 Å². The summed E-state index contributed by atoms with van der Waals surface area (Å²) in [6, 6.07) is 7.26. The lowest BCUT2D eigenvalue weighted by atomic mass is 9.92. The van der Waals surface area contributed by atoms with Crippen LogP contribution in [0.5, 0.6) is 0 Å². The van der Waals surface area contributed by atoms with E-state index in [1.807, 2.05) is 17.0 Å². The van der Waals surface area contributed by atoms with E-state index in [0.717, 1.165) is 18.7 Å². The number of hydrogen-bond acceptors (Lipinski definition) is 4. The molecule has 1 fully saturated rings. The van der Waals surface area contributed by atoms with Crippen molar-refractivity contribution in [3.63, 3.8) is 0 Å². The Morgan fingerprint density at radius 3 is 2.52 bits per heavy atom. The van der Waals surface area contributed by atoms with Crippen molar-refractivity contribution >= 4 is 17.5 Å². The van der Waals surface area contributed by atoms with Gasteiger partial charge in [0.2, 0.25) is 5.91 Å². The Balaban J connectivity index is 1.75. The van der Waals surface area contributed by atoms with Crippen LogP contribution in [-0.4, -0.2) is 44.1 Å². The van der Waals surface area contributed by atoms with Gasteiger partial charge < -0.3 is 4.90 Å². The molecule has 2 heterocycles. The summed E-state index contributed by atoms with van der Waals surface area (Å²) in [5.74, 6) is 1.71. The zero-order chi connectivity index (χ0) is 16.4. The maximum absolute atomic E-state index is 12.6. The van der Waals surface area contributed by atoms with Gasteiger partial charge >= 0.3 is 0 Å². The third kappa shape index (κ3) is 3.69. The van der Waals surface area contributed by atoms with Crippen molar-refractivity contribution in [2.75, 3.05) is 13.1 Å². The van der Waals surface area contributed by atoms with Crippen molar-refractivity contribution in [2.45, 2.75) is 26.8 Å². The van der Waals surface area contributed by atoms with Crippen molar-refractivity contribution in [3.05, 3.63) is 29.3 Å². The second kappa shape index (κ2) is 6.66. The predicted molar refractivity (Wildman–Crippen MR) is 87.8 cm³/mol. The lowest BCUT2D eigenvalue weighted by Gasteiger charge is -2.35. The van der Waals surface area contributed by atoms with Crippen molar-refractivity contribution in [3.8, 4) is 11.4 Å². The molecule has 0 bridgehead atoms. The number of carbonyl (C=O) groups is 1. The SMILES string of the molecule is C[C@@H]1C[C@H](C)CN(C(=O)Cn2nnnc2-c2ccc(Cl)cc2)C1. The number of halogens is 1. The first-order chi connectivity index (χ1) is 11.0. The highest BCUT2D eigenvalue weighted by Crippen LogP contribution is 2.22. The third-order valence-corrected chi connectivity index (χ3v) is 4.39. The van der Waals surface area contributed by atoms with Gasteiger partial charge in [-0.1, -0.05) is 25.4 Å². The Labute approximate surface area is 140 Å². The third-order valence-electron chi connectivity index (χ3n) is 4.14. The second-order valence-electron chi connectivity index (χ2n) is 6.41. The number of tetrazole rings is 1. The fourth-order valence-corrected chi connectivity index (χ4v) is 3.34. The second-order valence-corrected chi connectivity index (χ2v) is 6.85. The summed E-state index contributed by atoms with van der Waals surface area (Å²) >= 11 is 5.91. The van der Waals surface area contributed by atoms with E-state index in [2.05, 4.69) is 29.4 Å². The van der Waals surface area contributed by atoms with Crippen LogP contribution in [0, 0.1) is 11.8 Å². The largest absolute Gasteiger partial charge is 0.341 e. The van der Waals surface area contributed by atoms with Crippen LogP contribution in [0.3, 0.4) is 0 Å². The molecule has 1 aliphatic heterocycles. The highest BCUT2D eigenvalue weighted by Gasteiger charge is 2.26. The molecular weight excluding hydrogens is 314 g/mol. The van der Waals surface area contributed by atoms with Gasteiger partial charge in [-0.05, 0) is 52.9 Å². The molecule has 0 spiro atoms. The zero-order valence-electron chi connectivity index (χ0n) is 13.3. The molecule has 0 unspecified atom stereocenters. The fraction of sp³-hybridized carbons (Fsp3) is 0.500. The van der Waals surface area contributed by atoms with Gasteiger partial charge in [-0.15, -0.1) is 5.10 Å². The Kier molecular flexibility index (Phi) is 4.61. The van der Waals surface area contributed by atoms with Crippen LogP contribution in [-0.2, 0) is 11.3 Å². The molecule has 0 saturated carbocycles. The number of amides is 1. The quantitative estimate of drug-likeness (QED) is 0.865. The van der Waals surface area contributed by atoms with Gasteiger partial charge in [0.1, 0.15) is 6.54 Å². The molecule has 0 N–H and O–H groups in total. The maximum Gasteiger partial charge on any atom is 0.244 e. The summed E-state index contributed by atoms with van der Waals surface area (Å²) in [5.41, 5.74) is 0.840. The number of nitrogens with zero attached hydrogens (tertiary/aromatic N) is 5. The van der Waals surface area contributed by atoms with Gasteiger partial charge in [-0.25, -0.2) is 4.68 Å². The normalized spacial score (nSPS) is 21.4. The van der Waals surface area contributed by atoms with Crippen molar-refractivity contribution in [1.82, 2.24) is 25.1 Å². The number of rotatable bonds is 3. The Hall–Kier alpha value is -1.95. The molecule has 6 nitrogen and oxygen atoms in total. The van der Waals surface area contributed by atoms with Gasteiger partial charge in [0, 0.05) is 23.7 Å². The molecule has 2 atom stereocenters. The summed E-state index contributed by atoms with van der Waals surface area (Å²) in [5, 5.41) is 12.4. The lowest BCUT2D eigenvalue weighted by Crippen LogP contribution is -2.44. The number of hydrogen-bond donors (Lipinski definition) is 0. The van der Waals surface area contributed by atoms with E-state index in [1.54, 1.807) is 16.8 Å². The molecule has 1 amide bonds. The first-order valence-corrected chi connectivity index (χ1v) is 8.20. The highest BCUT2D eigenvalue weighted by atomic mass is 35.5. The maximum atomic E-state index is 12.6. The van der Waals surface area contributed by atoms with Gasteiger partial charge in [0.25, 0.3) is 0 Å². The summed E-state index contributed by atoms with van der Waals surface area (Å²) in [4.78, 5) is 14.5. The summed E-state index contributed by atoms with van der Waals surface area (Å²) in [7, 11) is 0. The summed E-state index contributed by atoms with van der Waals surface area (Å²) in [6.45, 7) is 6.14. The minimum Gasteiger partial charge on any atom is -0.341 e. The van der Waals surface area contributed by atoms with Crippen LogP contribution in [0.1, 0.15) is 20.3 Å². The average Bonchev–Trinajstić information content (AvgIpc) is 2.95. The molecule has 1 aliphatic rings. The molecule has 0 radical (unpaired) electrons. The average molecular weight is 334 g/mol. The smallest absolute Gasteiger partial charge is 0.244 e. The molecular formula is C16H20ClN5O. The number of piperidine rings is 1. The number of aromatic nitrogens is 4. The van der Waals surface area contributed by atoms with E-state index in [4.69, 9.17) is 11.6 Å². The Morgan fingerprint density at radius 1 is 1.22 bits per heavy atom. The molecule has 3 rings (SSSR count). The fourth-order valence-electron chi connectivity index (χ4n) is 3.21. The van der Waals surface area contributed by atoms with E-state index in [0.29, 0.717) is 22.7 Å². The predicted octanol–water partition coefficient (Wildman–Crippen LogP) is 2.50. The molecule has 122 valence electrons. The van der Waals surface area contributed by atoms with Crippen molar-refractivity contribution in [1.29, 1.82) is 0 Å². The van der Waals surface area contributed by atoms with Crippen LogP contribution >= 0.6 is 11.6 Å². The van der Waals surface area contributed by atoms with Gasteiger partial charge in [0.15, 0.2) is 5.82 Å². The van der Waals surface area contributed by atoms with Crippen molar-refractivity contribution in [2.24, 2.45) is 11.8 Å². The van der Waals surface area contributed by atoms with Crippen LogP contribution in [0.2, 0.25) is 5.02 Å². The standard InChI is InChI=1S/C16H20ClN5O/c1-11-7-12(2)9-21(8-11)15(23)10-22-16(18-19-20-22)13-3-5-14(17)6-4-13/h3-6,11-12H,7-10H2,1-2H3/t11-,12+. The molecule has 1 aromatic heterocycles. The van der Waals surface area contributed by atoms with Gasteiger partial charge in [-0.3, -0.25) is 4.79 Å². The van der Waals surface area contributed by atoms with Crippen LogP contribution in [0.4, 0.5) is 0 Å². The van der Waals surface area contributed by atoms with Gasteiger partial charge in [0.05, 0.1) is 0 Å². The van der Waals surface area contributed by atoms with Crippen LogP contribution < -0.4 is 0 Å². The summed E-state index contributed by atoms with van der Waals surface area (Å²) < 4.78 is 1.55. The first-order valence-electron chi connectivity index (χ1n) is 7.83. The monoisotopic (exact) mass is 333 g/mol. The van der Waals surface area contributed by atoms with E-state index in [9.17, 15) is 4.79 Å². The van der Waals surface area contributed by atoms with Crippen molar-refractivity contribution < 1.29 is 4.79 Å². The zero-order valence-corrected chi connectivity index (χ0v) is 14.1.